The van der Waals surface area contributed by atoms with E-state index >= 15 is 0 Å². The first-order valence-corrected chi connectivity index (χ1v) is 8.74. The molecule has 2 aromatic heterocycles. The summed E-state index contributed by atoms with van der Waals surface area (Å²) in [6.45, 7) is 0.647. The van der Waals surface area contributed by atoms with Crippen LogP contribution in [0.2, 0.25) is 0 Å². The summed E-state index contributed by atoms with van der Waals surface area (Å²) in [6.07, 6.45) is 6.06. The molecule has 2 atom stereocenters. The minimum absolute atomic E-state index is 0.0954. The fraction of sp³-hybridized carbons (Fsp3) is 0.250. The third-order valence-electron chi connectivity index (χ3n) is 4.80. The molecule has 3 aromatic rings. The largest absolute Gasteiger partial charge is 0.386 e. The molecule has 1 N–H and O–H groups in total. The predicted octanol–water partition coefficient (Wildman–Crippen LogP) is 2.61. The van der Waals surface area contributed by atoms with Crippen molar-refractivity contribution in [1.82, 2.24) is 19.7 Å². The van der Waals surface area contributed by atoms with Gasteiger partial charge in [0.25, 0.3) is 5.91 Å². The molecule has 132 valence electrons. The van der Waals surface area contributed by atoms with Gasteiger partial charge in [-0.05, 0) is 36.6 Å². The summed E-state index contributed by atoms with van der Waals surface area (Å²) < 4.78 is 1.64. The van der Waals surface area contributed by atoms with Crippen LogP contribution in [0.3, 0.4) is 0 Å². The summed E-state index contributed by atoms with van der Waals surface area (Å²) in [4.78, 5) is 19.0. The number of aliphatic hydroxyl groups is 1. The molecule has 6 nitrogen and oxygen atoms in total. The first-order chi connectivity index (χ1) is 12.7. The summed E-state index contributed by atoms with van der Waals surface area (Å²) >= 11 is 0. The zero-order valence-electron chi connectivity index (χ0n) is 14.3. The van der Waals surface area contributed by atoms with Crippen LogP contribution in [-0.4, -0.2) is 43.3 Å². The highest BCUT2D eigenvalue weighted by molar-refractivity contribution is 5.94. The molecule has 1 aliphatic heterocycles. The lowest BCUT2D eigenvalue weighted by atomic mass is 10.00. The number of nitrogens with zero attached hydrogens (tertiary/aromatic N) is 4. The summed E-state index contributed by atoms with van der Waals surface area (Å²) in [5.74, 6) is 0.566. The molecule has 0 spiro atoms. The topological polar surface area (TPSA) is 71.2 Å². The second-order valence-corrected chi connectivity index (χ2v) is 6.42. The fourth-order valence-corrected chi connectivity index (χ4v) is 3.46. The maximum absolute atomic E-state index is 12.9. The molecule has 3 heterocycles. The number of carbonyl (C=O) groups is 1. The van der Waals surface area contributed by atoms with Crippen LogP contribution in [0.25, 0.3) is 5.82 Å². The van der Waals surface area contributed by atoms with E-state index in [2.05, 4.69) is 10.1 Å². The molecule has 26 heavy (non-hydrogen) atoms. The van der Waals surface area contributed by atoms with E-state index in [0.29, 0.717) is 17.9 Å². The smallest absolute Gasteiger partial charge is 0.255 e. The van der Waals surface area contributed by atoms with E-state index in [9.17, 15) is 9.90 Å². The highest BCUT2D eigenvalue weighted by Crippen LogP contribution is 2.30. The van der Waals surface area contributed by atoms with Crippen LogP contribution in [0.4, 0.5) is 0 Å². The van der Waals surface area contributed by atoms with Gasteiger partial charge in [0.1, 0.15) is 0 Å². The quantitative estimate of drug-likeness (QED) is 0.787. The van der Waals surface area contributed by atoms with Gasteiger partial charge in [-0.1, -0.05) is 30.3 Å². The Hall–Kier alpha value is -2.99. The van der Waals surface area contributed by atoms with Gasteiger partial charge >= 0.3 is 0 Å². The summed E-state index contributed by atoms with van der Waals surface area (Å²) in [5.41, 5.74) is 1.36. The lowest BCUT2D eigenvalue weighted by molar-refractivity contribution is 0.0486. The number of hydrogen-bond acceptors (Lipinski definition) is 4. The number of amides is 1. The second kappa shape index (κ2) is 7.09. The molecule has 1 saturated heterocycles. The standard InChI is InChI=1S/C20H20N4O2/c25-19(15-6-2-1-3-7-15)17-8-4-12-23(17)20(26)16-9-10-18(21-14-16)24-13-5-11-22-24/h1-3,5-7,9-11,13-14,17,19,25H,4,8,12H2. The van der Waals surface area contributed by atoms with Crippen molar-refractivity contribution in [3.63, 3.8) is 0 Å². The highest BCUT2D eigenvalue weighted by atomic mass is 16.3. The number of pyridine rings is 1. The van der Waals surface area contributed by atoms with Gasteiger partial charge in [-0.2, -0.15) is 5.10 Å². The SMILES string of the molecule is O=C(c1ccc(-n2cccn2)nc1)N1CCCC1C(O)c1ccccc1. The molecule has 0 bridgehead atoms. The normalized spacial score (nSPS) is 18.0. The number of hydrogen-bond donors (Lipinski definition) is 1. The maximum Gasteiger partial charge on any atom is 0.255 e. The van der Waals surface area contributed by atoms with Crippen LogP contribution in [-0.2, 0) is 0 Å². The third kappa shape index (κ3) is 3.11. The summed E-state index contributed by atoms with van der Waals surface area (Å²) in [6, 6.07) is 14.7. The van der Waals surface area contributed by atoms with Crippen LogP contribution in [0.5, 0.6) is 0 Å². The van der Waals surface area contributed by atoms with E-state index in [-0.39, 0.29) is 11.9 Å². The van der Waals surface area contributed by atoms with Crippen LogP contribution >= 0.6 is 0 Å². The molecule has 0 radical (unpaired) electrons. The molecule has 6 heteroatoms. The second-order valence-electron chi connectivity index (χ2n) is 6.42. The summed E-state index contributed by atoms with van der Waals surface area (Å²) in [5, 5.41) is 14.9. The first kappa shape index (κ1) is 16.5. The summed E-state index contributed by atoms with van der Waals surface area (Å²) in [7, 11) is 0. The molecule has 1 aliphatic rings. The average Bonchev–Trinajstić information content (AvgIpc) is 3.40. The monoisotopic (exact) mass is 348 g/mol. The Balaban J connectivity index is 1.53. The van der Waals surface area contributed by atoms with Gasteiger partial charge in [-0.25, -0.2) is 9.67 Å². The van der Waals surface area contributed by atoms with E-state index in [4.69, 9.17) is 0 Å². The van der Waals surface area contributed by atoms with Crippen molar-refractivity contribution in [3.05, 3.63) is 78.2 Å². The molecular weight excluding hydrogens is 328 g/mol. The fourth-order valence-electron chi connectivity index (χ4n) is 3.46. The molecule has 1 amide bonds. The van der Waals surface area contributed by atoms with E-state index < -0.39 is 6.10 Å². The van der Waals surface area contributed by atoms with Crippen molar-refractivity contribution in [2.45, 2.75) is 25.0 Å². The lowest BCUT2D eigenvalue weighted by Gasteiger charge is -2.29. The molecule has 1 fully saturated rings. The van der Waals surface area contributed by atoms with Gasteiger partial charge < -0.3 is 10.0 Å². The highest BCUT2D eigenvalue weighted by Gasteiger charge is 2.35. The minimum atomic E-state index is -0.682. The van der Waals surface area contributed by atoms with Gasteiger partial charge in [-0.15, -0.1) is 0 Å². The number of aromatic nitrogens is 3. The van der Waals surface area contributed by atoms with Gasteiger partial charge in [-0.3, -0.25) is 4.79 Å². The van der Waals surface area contributed by atoms with Crippen molar-refractivity contribution in [2.75, 3.05) is 6.54 Å². The van der Waals surface area contributed by atoms with E-state index in [0.717, 1.165) is 18.4 Å². The van der Waals surface area contributed by atoms with Crippen LogP contribution < -0.4 is 0 Å². The van der Waals surface area contributed by atoms with E-state index in [1.807, 2.05) is 36.4 Å². The number of benzene rings is 1. The number of rotatable bonds is 4. The van der Waals surface area contributed by atoms with Gasteiger partial charge in [0.05, 0.1) is 17.7 Å². The van der Waals surface area contributed by atoms with Crippen molar-refractivity contribution in [2.24, 2.45) is 0 Å². The average molecular weight is 348 g/mol. The van der Waals surface area contributed by atoms with Gasteiger partial charge in [0.2, 0.25) is 0 Å². The Kier molecular flexibility index (Phi) is 4.50. The van der Waals surface area contributed by atoms with Gasteiger partial charge in [0, 0.05) is 25.1 Å². The van der Waals surface area contributed by atoms with Crippen molar-refractivity contribution in [1.29, 1.82) is 0 Å². The Labute approximate surface area is 151 Å². The lowest BCUT2D eigenvalue weighted by Crippen LogP contribution is -2.39. The number of carbonyl (C=O) groups excluding carboxylic acids is 1. The number of likely N-dealkylation sites (tertiary alicyclic amines) is 1. The molecule has 2 unspecified atom stereocenters. The Morgan fingerprint density at radius 2 is 2.00 bits per heavy atom. The van der Waals surface area contributed by atoms with Crippen molar-refractivity contribution >= 4 is 5.91 Å². The number of aliphatic hydroxyl groups excluding tert-OH is 1. The Morgan fingerprint density at radius 3 is 2.69 bits per heavy atom. The first-order valence-electron chi connectivity index (χ1n) is 8.74. The van der Waals surface area contributed by atoms with E-state index in [1.165, 1.54) is 0 Å². The molecule has 0 aliphatic carbocycles. The Morgan fingerprint density at radius 1 is 1.15 bits per heavy atom. The zero-order valence-corrected chi connectivity index (χ0v) is 14.3. The molecule has 4 rings (SSSR count). The van der Waals surface area contributed by atoms with Crippen LogP contribution in [0, 0.1) is 0 Å². The van der Waals surface area contributed by atoms with Crippen LogP contribution in [0.1, 0.15) is 34.9 Å². The molecular formula is C20H20N4O2. The predicted molar refractivity (Wildman–Crippen MR) is 96.8 cm³/mol. The Bertz CT molecular complexity index is 863. The van der Waals surface area contributed by atoms with Crippen molar-refractivity contribution < 1.29 is 9.90 Å². The third-order valence-corrected chi connectivity index (χ3v) is 4.80. The van der Waals surface area contributed by atoms with E-state index in [1.54, 1.807) is 40.3 Å². The van der Waals surface area contributed by atoms with Crippen molar-refractivity contribution in [3.8, 4) is 5.82 Å². The molecule has 1 aromatic carbocycles. The van der Waals surface area contributed by atoms with Crippen LogP contribution in [0.15, 0.2) is 67.1 Å². The minimum Gasteiger partial charge on any atom is -0.386 e. The zero-order chi connectivity index (χ0) is 17.9. The maximum atomic E-state index is 12.9. The van der Waals surface area contributed by atoms with Gasteiger partial charge in [0.15, 0.2) is 5.82 Å². The molecule has 0 saturated carbocycles.